The Morgan fingerprint density at radius 2 is 1.76 bits per heavy atom. The molecule has 38 heavy (non-hydrogen) atoms. The number of carboxylic acid groups (broad SMARTS) is 1. The first-order chi connectivity index (χ1) is 18.0. The average molecular weight is 516 g/mol. The van der Waals surface area contributed by atoms with Crippen molar-refractivity contribution in [1.29, 1.82) is 0 Å². The highest BCUT2D eigenvalue weighted by atomic mass is 16.5. The van der Waals surface area contributed by atoms with Crippen LogP contribution in [-0.4, -0.2) is 40.1 Å². The van der Waals surface area contributed by atoms with E-state index in [-0.39, 0.29) is 17.7 Å². The maximum Gasteiger partial charge on any atom is 0.326 e. The molecule has 0 bridgehead atoms. The van der Waals surface area contributed by atoms with Gasteiger partial charge in [-0.05, 0) is 56.4 Å². The Labute approximate surface area is 224 Å². The van der Waals surface area contributed by atoms with Gasteiger partial charge in [0.05, 0.1) is 11.1 Å². The lowest BCUT2D eigenvalue weighted by molar-refractivity contribution is -0.141. The second-order valence-electron chi connectivity index (χ2n) is 10.7. The zero-order valence-electron chi connectivity index (χ0n) is 22.9. The van der Waals surface area contributed by atoms with Crippen LogP contribution in [0.15, 0.2) is 54.6 Å². The molecule has 6 nitrogen and oxygen atoms in total. The Bertz CT molecular complexity index is 1350. The molecule has 1 aliphatic rings. The number of phenols is 1. The van der Waals surface area contributed by atoms with E-state index in [4.69, 9.17) is 4.74 Å². The number of ether oxygens (including phenoxy) is 1. The Kier molecular flexibility index (Phi) is 7.81. The number of unbranched alkanes of at least 4 members (excludes halogenated alkanes) is 2. The van der Waals surface area contributed by atoms with Gasteiger partial charge in [-0.3, -0.25) is 4.79 Å². The third kappa shape index (κ3) is 5.26. The van der Waals surface area contributed by atoms with Gasteiger partial charge in [-0.1, -0.05) is 73.9 Å². The van der Waals surface area contributed by atoms with Crippen molar-refractivity contribution >= 4 is 11.9 Å². The van der Waals surface area contributed by atoms with Crippen LogP contribution in [0.5, 0.6) is 11.5 Å². The van der Waals surface area contributed by atoms with Crippen LogP contribution in [0.2, 0.25) is 0 Å². The number of rotatable bonds is 9. The van der Waals surface area contributed by atoms with E-state index in [1.807, 2.05) is 75.4 Å². The van der Waals surface area contributed by atoms with E-state index in [2.05, 4.69) is 6.92 Å². The van der Waals surface area contributed by atoms with Gasteiger partial charge in [0, 0.05) is 19.0 Å². The van der Waals surface area contributed by atoms with Gasteiger partial charge < -0.3 is 19.8 Å². The number of aliphatic carboxylic acids is 1. The number of aromatic hydroxyl groups is 1. The second-order valence-corrected chi connectivity index (χ2v) is 10.7. The quantitative estimate of drug-likeness (QED) is 0.318. The lowest BCUT2D eigenvalue weighted by Gasteiger charge is -2.36. The van der Waals surface area contributed by atoms with Gasteiger partial charge in [-0.25, -0.2) is 4.79 Å². The number of nitrogens with zero attached hydrogens (tertiary/aromatic N) is 1. The van der Waals surface area contributed by atoms with Crippen molar-refractivity contribution in [2.45, 2.75) is 71.4 Å². The molecule has 0 fully saturated rings. The normalized spacial score (nSPS) is 14.1. The molecular formula is C32H37NO5. The van der Waals surface area contributed by atoms with E-state index < -0.39 is 23.5 Å². The summed E-state index contributed by atoms with van der Waals surface area (Å²) in [5, 5.41) is 21.8. The molecule has 0 saturated carbocycles. The highest BCUT2D eigenvalue weighted by molar-refractivity contribution is 6.03. The van der Waals surface area contributed by atoms with E-state index in [0.29, 0.717) is 23.3 Å². The minimum atomic E-state index is -1.10. The molecule has 3 aromatic rings. The lowest BCUT2D eigenvalue weighted by Crippen LogP contribution is -2.44. The van der Waals surface area contributed by atoms with Crippen LogP contribution in [0.4, 0.5) is 0 Å². The van der Waals surface area contributed by atoms with Crippen molar-refractivity contribution < 1.29 is 24.5 Å². The van der Waals surface area contributed by atoms with Crippen molar-refractivity contribution in [2.75, 3.05) is 7.05 Å². The van der Waals surface area contributed by atoms with Crippen LogP contribution in [0.25, 0.3) is 11.1 Å². The molecule has 0 spiro atoms. The Balaban J connectivity index is 1.84. The smallest absolute Gasteiger partial charge is 0.326 e. The molecular weight excluding hydrogens is 478 g/mol. The minimum absolute atomic E-state index is 0.150. The molecule has 0 radical (unpaired) electrons. The van der Waals surface area contributed by atoms with Gasteiger partial charge in [0.1, 0.15) is 23.1 Å². The third-order valence-electron chi connectivity index (χ3n) is 7.41. The van der Waals surface area contributed by atoms with Gasteiger partial charge in [0.25, 0.3) is 5.91 Å². The average Bonchev–Trinajstić information content (AvgIpc) is 2.86. The van der Waals surface area contributed by atoms with E-state index in [9.17, 15) is 19.8 Å². The van der Waals surface area contributed by atoms with Crippen LogP contribution >= 0.6 is 0 Å². The van der Waals surface area contributed by atoms with Gasteiger partial charge in [-0.2, -0.15) is 0 Å². The largest absolute Gasteiger partial charge is 0.506 e. The van der Waals surface area contributed by atoms with E-state index >= 15 is 0 Å². The first kappa shape index (κ1) is 27.2. The molecule has 1 unspecified atom stereocenters. The molecule has 1 amide bonds. The number of fused-ring (bicyclic) bond motifs is 3. The summed E-state index contributed by atoms with van der Waals surface area (Å²) < 4.78 is 6.39. The summed E-state index contributed by atoms with van der Waals surface area (Å²) in [7, 11) is 1.50. The first-order valence-corrected chi connectivity index (χ1v) is 13.3. The Morgan fingerprint density at radius 3 is 2.42 bits per heavy atom. The summed E-state index contributed by atoms with van der Waals surface area (Å²) in [5.41, 5.74) is 4.27. The van der Waals surface area contributed by atoms with Crippen LogP contribution in [0, 0.1) is 6.92 Å². The highest BCUT2D eigenvalue weighted by Crippen LogP contribution is 2.51. The summed E-state index contributed by atoms with van der Waals surface area (Å²) >= 11 is 0. The Morgan fingerprint density at radius 1 is 1.05 bits per heavy atom. The predicted molar refractivity (Wildman–Crippen MR) is 149 cm³/mol. The molecule has 0 aromatic heterocycles. The van der Waals surface area contributed by atoms with Gasteiger partial charge in [0.15, 0.2) is 0 Å². The van der Waals surface area contributed by atoms with Crippen LogP contribution < -0.4 is 4.74 Å². The minimum Gasteiger partial charge on any atom is -0.506 e. The fourth-order valence-electron chi connectivity index (χ4n) is 5.30. The zero-order valence-corrected chi connectivity index (χ0v) is 22.9. The van der Waals surface area contributed by atoms with Crippen molar-refractivity contribution in [3.63, 3.8) is 0 Å². The molecule has 1 heterocycles. The first-order valence-electron chi connectivity index (χ1n) is 13.3. The molecule has 1 aliphatic heterocycles. The summed E-state index contributed by atoms with van der Waals surface area (Å²) in [6, 6.07) is 16.0. The van der Waals surface area contributed by atoms with Crippen molar-refractivity contribution in [3.8, 4) is 22.6 Å². The lowest BCUT2D eigenvalue weighted by atomic mass is 9.83. The number of carbonyl (C=O) groups excluding carboxylic acids is 1. The number of likely N-dealkylation sites (N-methyl/N-ethyl adjacent to an activating group) is 1. The van der Waals surface area contributed by atoms with Crippen molar-refractivity contribution in [2.24, 2.45) is 0 Å². The topological polar surface area (TPSA) is 87.1 Å². The number of carbonyl (C=O) groups is 2. The summed E-state index contributed by atoms with van der Waals surface area (Å²) in [4.78, 5) is 27.5. The summed E-state index contributed by atoms with van der Waals surface area (Å²) in [5.74, 6) is -1.23. The molecule has 4 rings (SSSR count). The Hall–Kier alpha value is -3.80. The standard InChI is InChI=1S/C32H37NO5/c1-6-7-9-14-22-19-26-28(23-17-20(2)15-16-24(23)32(3,4)38-26)29(34)27(22)30(35)33(5)25(31(36)37)18-21-12-10-8-11-13-21/h8,10-13,15-17,19,25,34H,6-7,9,14,18H2,1-5H3,(H,36,37). The van der Waals surface area contributed by atoms with Crippen LogP contribution in [0.3, 0.4) is 0 Å². The maximum atomic E-state index is 14.0. The molecule has 200 valence electrons. The van der Waals surface area contributed by atoms with Crippen molar-refractivity contribution in [1.82, 2.24) is 4.90 Å². The third-order valence-corrected chi connectivity index (χ3v) is 7.41. The molecule has 2 N–H and O–H groups in total. The summed E-state index contributed by atoms with van der Waals surface area (Å²) in [6.45, 7) is 8.08. The number of phenolic OH excluding ortho intramolecular Hbond substituents is 1. The number of benzene rings is 3. The molecule has 0 saturated heterocycles. The number of hydrogen-bond donors (Lipinski definition) is 2. The number of carboxylic acids is 1. The van der Waals surface area contributed by atoms with Gasteiger partial charge in [-0.15, -0.1) is 0 Å². The number of aryl methyl sites for hydroxylation is 2. The highest BCUT2D eigenvalue weighted by Gasteiger charge is 2.38. The fourth-order valence-corrected chi connectivity index (χ4v) is 5.30. The summed E-state index contributed by atoms with van der Waals surface area (Å²) in [6.07, 6.45) is 3.55. The van der Waals surface area contributed by atoms with Gasteiger partial charge in [0.2, 0.25) is 0 Å². The van der Waals surface area contributed by atoms with E-state index in [0.717, 1.165) is 41.5 Å². The number of amides is 1. The van der Waals surface area contributed by atoms with Gasteiger partial charge >= 0.3 is 5.97 Å². The molecule has 3 aromatic carbocycles. The fraction of sp³-hybridized carbons (Fsp3) is 0.375. The van der Waals surface area contributed by atoms with Crippen LogP contribution in [0.1, 0.15) is 72.6 Å². The molecule has 1 atom stereocenters. The predicted octanol–water partition coefficient (Wildman–Crippen LogP) is 6.50. The van der Waals surface area contributed by atoms with Crippen LogP contribution in [-0.2, 0) is 23.2 Å². The zero-order chi connectivity index (χ0) is 27.6. The maximum absolute atomic E-state index is 14.0. The SMILES string of the molecule is CCCCCc1cc2c(c(O)c1C(=O)N(C)C(Cc1ccccc1)C(=O)O)-c1cc(C)ccc1C(C)(C)O2. The number of hydrogen-bond acceptors (Lipinski definition) is 4. The second kappa shape index (κ2) is 10.9. The molecule has 6 heteroatoms. The van der Waals surface area contributed by atoms with E-state index in [1.54, 1.807) is 0 Å². The van der Waals surface area contributed by atoms with E-state index in [1.165, 1.54) is 11.9 Å². The monoisotopic (exact) mass is 515 g/mol. The van der Waals surface area contributed by atoms with Crippen molar-refractivity contribution in [3.05, 3.63) is 82.4 Å². The molecule has 0 aliphatic carbocycles.